The highest BCUT2D eigenvalue weighted by Gasteiger charge is 2.34. The van der Waals surface area contributed by atoms with Crippen LogP contribution < -0.4 is 5.01 Å². The van der Waals surface area contributed by atoms with Gasteiger partial charge in [0, 0.05) is 0 Å². The van der Waals surface area contributed by atoms with Gasteiger partial charge >= 0.3 is 5.97 Å². The molecular weight excluding hydrogens is 270 g/mol. The van der Waals surface area contributed by atoms with E-state index in [-0.39, 0.29) is 17.8 Å². The van der Waals surface area contributed by atoms with Gasteiger partial charge in [-0.1, -0.05) is 18.2 Å². The van der Waals surface area contributed by atoms with Gasteiger partial charge in [-0.3, -0.25) is 4.79 Å². The summed E-state index contributed by atoms with van der Waals surface area (Å²) in [6.07, 6.45) is 0. The second-order valence-corrected chi connectivity index (χ2v) is 4.22. The van der Waals surface area contributed by atoms with E-state index in [0.29, 0.717) is 11.4 Å². The number of esters is 1. The van der Waals surface area contributed by atoms with Gasteiger partial charge in [0.1, 0.15) is 6.07 Å². The largest absolute Gasteiger partial charge is 0.462 e. The average molecular weight is 283 g/mol. The van der Waals surface area contributed by atoms with Crippen LogP contribution in [0, 0.1) is 11.3 Å². The van der Waals surface area contributed by atoms with Crippen LogP contribution in [0.15, 0.2) is 46.6 Å². The summed E-state index contributed by atoms with van der Waals surface area (Å²) in [6, 6.07) is 10.5. The van der Waals surface area contributed by atoms with Crippen molar-refractivity contribution >= 4 is 23.3 Å². The first-order chi connectivity index (χ1) is 10.1. The third-order valence-electron chi connectivity index (χ3n) is 2.86. The van der Waals surface area contributed by atoms with Gasteiger partial charge in [-0.2, -0.15) is 15.4 Å². The topological polar surface area (TPSA) is 82.8 Å². The summed E-state index contributed by atoms with van der Waals surface area (Å²) in [4.78, 5) is 24.2. The molecule has 0 saturated heterocycles. The minimum absolute atomic E-state index is 0.0141. The van der Waals surface area contributed by atoms with Crippen molar-refractivity contribution in [2.75, 3.05) is 11.6 Å². The van der Waals surface area contributed by atoms with Gasteiger partial charge in [0.25, 0.3) is 5.91 Å². The number of rotatable bonds is 3. The maximum atomic E-state index is 12.4. The van der Waals surface area contributed by atoms with Crippen molar-refractivity contribution in [3.63, 3.8) is 0 Å². The predicted molar refractivity (Wildman–Crippen MR) is 76.3 cm³/mol. The molecule has 1 aromatic carbocycles. The van der Waals surface area contributed by atoms with Gasteiger partial charge in [-0.15, -0.1) is 0 Å². The van der Waals surface area contributed by atoms with E-state index in [2.05, 4.69) is 5.10 Å². The Balaban J connectivity index is 2.45. The molecule has 0 aromatic heterocycles. The fourth-order valence-corrected chi connectivity index (χ4v) is 1.94. The maximum Gasteiger partial charge on any atom is 0.349 e. The summed E-state index contributed by atoms with van der Waals surface area (Å²) in [6.45, 7) is 3.34. The molecule has 1 amide bonds. The number of hydrogen-bond acceptors (Lipinski definition) is 5. The van der Waals surface area contributed by atoms with Crippen LogP contribution in [0.25, 0.3) is 0 Å². The summed E-state index contributed by atoms with van der Waals surface area (Å²) >= 11 is 0. The molecule has 0 saturated carbocycles. The molecule has 0 radical (unpaired) electrons. The summed E-state index contributed by atoms with van der Waals surface area (Å²) in [7, 11) is 0. The number of carbonyl (C=O) groups excluding carboxylic acids is 2. The SMILES string of the molecule is CCOC(=O)/C(C#N)=C1/C(=O)N(c2ccccc2)N=C1C. The van der Waals surface area contributed by atoms with Gasteiger partial charge in [0.15, 0.2) is 5.57 Å². The van der Waals surface area contributed by atoms with Crippen LogP contribution >= 0.6 is 0 Å². The molecule has 2 rings (SSSR count). The molecule has 21 heavy (non-hydrogen) atoms. The standard InChI is InChI=1S/C15H13N3O3/c1-3-21-15(20)12(9-16)13-10(2)17-18(14(13)19)11-7-5-4-6-8-11/h4-8H,3H2,1-2H3/b13-12+. The molecule has 6 nitrogen and oxygen atoms in total. The first kappa shape index (κ1) is 14.5. The number of ether oxygens (including phenoxy) is 1. The van der Waals surface area contributed by atoms with Crippen molar-refractivity contribution < 1.29 is 14.3 Å². The van der Waals surface area contributed by atoms with E-state index < -0.39 is 11.9 Å². The van der Waals surface area contributed by atoms with Crippen LogP contribution in [0.2, 0.25) is 0 Å². The van der Waals surface area contributed by atoms with E-state index in [0.717, 1.165) is 0 Å². The summed E-state index contributed by atoms with van der Waals surface area (Å²) in [5, 5.41) is 14.4. The molecule has 1 heterocycles. The molecule has 1 aromatic rings. The fraction of sp³-hybridized carbons (Fsp3) is 0.200. The van der Waals surface area contributed by atoms with Gasteiger partial charge in [0.2, 0.25) is 0 Å². The lowest BCUT2D eigenvalue weighted by Gasteiger charge is -2.11. The van der Waals surface area contributed by atoms with Crippen molar-refractivity contribution in [2.45, 2.75) is 13.8 Å². The number of anilines is 1. The fourth-order valence-electron chi connectivity index (χ4n) is 1.94. The number of carbonyl (C=O) groups is 2. The normalized spacial score (nSPS) is 16.3. The second-order valence-electron chi connectivity index (χ2n) is 4.22. The Morgan fingerprint density at radius 2 is 2.05 bits per heavy atom. The summed E-state index contributed by atoms with van der Waals surface area (Å²) in [5.41, 5.74) is 0.549. The highest BCUT2D eigenvalue weighted by atomic mass is 16.5. The molecule has 0 unspecified atom stereocenters. The van der Waals surface area contributed by atoms with E-state index in [9.17, 15) is 9.59 Å². The smallest absolute Gasteiger partial charge is 0.349 e. The van der Waals surface area contributed by atoms with Crippen molar-refractivity contribution in [1.29, 1.82) is 5.26 Å². The number of nitrogens with zero attached hydrogens (tertiary/aromatic N) is 3. The van der Waals surface area contributed by atoms with Crippen LogP contribution in [0.3, 0.4) is 0 Å². The molecule has 0 fully saturated rings. The maximum absolute atomic E-state index is 12.4. The number of nitriles is 1. The monoisotopic (exact) mass is 283 g/mol. The Hall–Kier alpha value is -2.94. The zero-order valence-electron chi connectivity index (χ0n) is 11.7. The van der Waals surface area contributed by atoms with Gasteiger partial charge < -0.3 is 4.74 Å². The predicted octanol–water partition coefficient (Wildman–Crippen LogP) is 1.79. The lowest BCUT2D eigenvalue weighted by molar-refractivity contribution is -0.138. The van der Waals surface area contributed by atoms with Crippen LogP contribution in [-0.2, 0) is 14.3 Å². The third-order valence-corrected chi connectivity index (χ3v) is 2.86. The van der Waals surface area contributed by atoms with Crippen molar-refractivity contribution in [1.82, 2.24) is 0 Å². The highest BCUT2D eigenvalue weighted by molar-refractivity contribution is 6.33. The molecule has 6 heteroatoms. The molecule has 1 aliphatic rings. The summed E-state index contributed by atoms with van der Waals surface area (Å²) in [5.74, 6) is -1.32. The number of hydrogen-bond donors (Lipinski definition) is 0. The van der Waals surface area contributed by atoms with Gasteiger partial charge in [0.05, 0.1) is 23.6 Å². The van der Waals surface area contributed by atoms with Crippen LogP contribution in [-0.4, -0.2) is 24.2 Å². The van der Waals surface area contributed by atoms with E-state index in [1.807, 2.05) is 6.07 Å². The summed E-state index contributed by atoms with van der Waals surface area (Å²) < 4.78 is 4.80. The van der Waals surface area contributed by atoms with Crippen molar-refractivity contribution in [3.8, 4) is 6.07 Å². The molecule has 106 valence electrons. The first-order valence-corrected chi connectivity index (χ1v) is 6.36. The average Bonchev–Trinajstić information content (AvgIpc) is 2.78. The van der Waals surface area contributed by atoms with E-state index in [1.54, 1.807) is 44.2 Å². The minimum Gasteiger partial charge on any atom is -0.462 e. The Morgan fingerprint density at radius 1 is 1.38 bits per heavy atom. The molecule has 0 N–H and O–H groups in total. The number of amides is 1. The number of para-hydroxylation sites is 1. The Kier molecular flexibility index (Phi) is 4.14. The highest BCUT2D eigenvalue weighted by Crippen LogP contribution is 2.25. The molecule has 0 bridgehead atoms. The first-order valence-electron chi connectivity index (χ1n) is 6.36. The lowest BCUT2D eigenvalue weighted by atomic mass is 10.1. The molecular formula is C15H13N3O3. The van der Waals surface area contributed by atoms with Gasteiger partial charge in [-0.05, 0) is 26.0 Å². The minimum atomic E-state index is -0.812. The third kappa shape index (κ3) is 2.67. The molecule has 0 atom stereocenters. The Morgan fingerprint density at radius 3 is 2.62 bits per heavy atom. The number of hydrazone groups is 1. The molecule has 0 spiro atoms. The zero-order valence-corrected chi connectivity index (χ0v) is 11.7. The van der Waals surface area contributed by atoms with Crippen molar-refractivity contribution in [3.05, 3.63) is 41.5 Å². The van der Waals surface area contributed by atoms with Crippen LogP contribution in [0.4, 0.5) is 5.69 Å². The van der Waals surface area contributed by atoms with Gasteiger partial charge in [-0.25, -0.2) is 4.79 Å². The molecule has 0 aliphatic carbocycles. The van der Waals surface area contributed by atoms with E-state index in [1.165, 1.54) is 5.01 Å². The lowest BCUT2D eigenvalue weighted by Crippen LogP contribution is -2.23. The van der Waals surface area contributed by atoms with Crippen LogP contribution in [0.1, 0.15) is 13.8 Å². The van der Waals surface area contributed by atoms with Crippen LogP contribution in [0.5, 0.6) is 0 Å². The van der Waals surface area contributed by atoms with E-state index >= 15 is 0 Å². The Labute approximate surface area is 121 Å². The zero-order chi connectivity index (χ0) is 15.4. The quantitative estimate of drug-likeness (QED) is 0.481. The van der Waals surface area contributed by atoms with E-state index in [4.69, 9.17) is 10.00 Å². The molecule has 1 aliphatic heterocycles. The Bertz CT molecular complexity index is 684. The number of benzene rings is 1. The van der Waals surface area contributed by atoms with Crippen molar-refractivity contribution in [2.24, 2.45) is 5.10 Å². The second kappa shape index (κ2) is 6.01.